The first-order valence-electron chi connectivity index (χ1n) is 7.60. The van der Waals surface area contributed by atoms with E-state index in [1.165, 1.54) is 30.4 Å². The molecule has 0 aromatic heterocycles. The highest BCUT2D eigenvalue weighted by atomic mass is 35.5. The van der Waals surface area contributed by atoms with E-state index in [0.717, 1.165) is 29.8 Å². The summed E-state index contributed by atoms with van der Waals surface area (Å²) in [6.45, 7) is 7.87. The normalized spacial score (nSPS) is 26.8. The van der Waals surface area contributed by atoms with Crippen LogP contribution in [0.1, 0.15) is 44.2 Å². The van der Waals surface area contributed by atoms with Crippen LogP contribution >= 0.6 is 11.6 Å². The first kappa shape index (κ1) is 14.9. The van der Waals surface area contributed by atoms with Crippen LogP contribution in [0.5, 0.6) is 0 Å². The average Bonchev–Trinajstić information content (AvgIpc) is 2.72. The van der Waals surface area contributed by atoms with Crippen LogP contribution in [0.2, 0.25) is 5.02 Å². The Balaban J connectivity index is 1.96. The summed E-state index contributed by atoms with van der Waals surface area (Å²) in [6.07, 6.45) is 4.99. The Hall–Kier alpha value is -0.530. The molecule has 1 aromatic carbocycles. The summed E-state index contributed by atoms with van der Waals surface area (Å²) >= 11 is 6.36. The number of hydrogen-bond donors (Lipinski definition) is 1. The van der Waals surface area contributed by atoms with Crippen LogP contribution in [0.4, 0.5) is 0 Å². The molecule has 0 spiro atoms. The van der Waals surface area contributed by atoms with Gasteiger partial charge in [-0.15, -0.1) is 0 Å². The first-order chi connectivity index (χ1) is 9.11. The topological polar surface area (TPSA) is 12.0 Å². The third-order valence-electron chi connectivity index (χ3n) is 4.57. The Labute approximate surface area is 122 Å². The van der Waals surface area contributed by atoms with E-state index in [-0.39, 0.29) is 0 Å². The van der Waals surface area contributed by atoms with E-state index in [2.05, 4.69) is 44.3 Å². The minimum atomic E-state index is 0.703. The lowest BCUT2D eigenvalue weighted by molar-refractivity contribution is 0.351. The average molecular weight is 280 g/mol. The summed E-state index contributed by atoms with van der Waals surface area (Å²) in [5.41, 5.74) is 2.57. The van der Waals surface area contributed by atoms with Gasteiger partial charge in [-0.05, 0) is 68.2 Å². The highest BCUT2D eigenvalue weighted by Crippen LogP contribution is 2.35. The fourth-order valence-corrected chi connectivity index (χ4v) is 3.57. The van der Waals surface area contributed by atoms with Crippen molar-refractivity contribution in [1.29, 1.82) is 0 Å². The molecule has 19 heavy (non-hydrogen) atoms. The molecule has 0 heterocycles. The van der Waals surface area contributed by atoms with E-state index in [1.54, 1.807) is 0 Å². The molecule has 2 heteroatoms. The van der Waals surface area contributed by atoms with E-state index in [1.807, 2.05) is 0 Å². The lowest BCUT2D eigenvalue weighted by atomic mass is 9.89. The number of benzene rings is 1. The van der Waals surface area contributed by atoms with Gasteiger partial charge in [0, 0.05) is 11.1 Å². The van der Waals surface area contributed by atoms with Gasteiger partial charge in [0.05, 0.1) is 0 Å². The standard InChI is InChI=1S/C17H26ClN/c1-4-9-19-17-8-7-14(13(17)3)11-15-6-5-12(2)10-16(15)18/h5-6,10,13-14,17,19H,4,7-9,11H2,1-3H3. The van der Waals surface area contributed by atoms with E-state index in [9.17, 15) is 0 Å². The molecule has 3 atom stereocenters. The maximum absolute atomic E-state index is 6.36. The number of hydrogen-bond acceptors (Lipinski definition) is 1. The van der Waals surface area contributed by atoms with Crippen molar-refractivity contribution in [2.24, 2.45) is 11.8 Å². The van der Waals surface area contributed by atoms with Crippen molar-refractivity contribution >= 4 is 11.6 Å². The lowest BCUT2D eigenvalue weighted by Gasteiger charge is -2.22. The van der Waals surface area contributed by atoms with Gasteiger partial charge in [0.25, 0.3) is 0 Å². The highest BCUT2D eigenvalue weighted by molar-refractivity contribution is 6.31. The Morgan fingerprint density at radius 1 is 1.32 bits per heavy atom. The molecule has 1 aromatic rings. The molecule has 2 rings (SSSR count). The SMILES string of the molecule is CCCNC1CCC(Cc2ccc(C)cc2Cl)C1C. The van der Waals surface area contributed by atoms with Gasteiger partial charge in [-0.2, -0.15) is 0 Å². The Morgan fingerprint density at radius 3 is 2.79 bits per heavy atom. The summed E-state index contributed by atoms with van der Waals surface area (Å²) in [5.74, 6) is 1.53. The number of halogens is 1. The molecule has 0 aliphatic heterocycles. The zero-order valence-corrected chi connectivity index (χ0v) is 13.1. The summed E-state index contributed by atoms with van der Waals surface area (Å²) in [7, 11) is 0. The smallest absolute Gasteiger partial charge is 0.0440 e. The molecule has 1 saturated carbocycles. The van der Waals surface area contributed by atoms with Crippen molar-refractivity contribution in [2.75, 3.05) is 6.54 Å². The Bertz CT molecular complexity index is 416. The van der Waals surface area contributed by atoms with Crippen LogP contribution in [0.3, 0.4) is 0 Å². The van der Waals surface area contributed by atoms with Crippen LogP contribution in [0.15, 0.2) is 18.2 Å². The fraction of sp³-hybridized carbons (Fsp3) is 0.647. The summed E-state index contributed by atoms with van der Waals surface area (Å²) in [4.78, 5) is 0. The van der Waals surface area contributed by atoms with Crippen LogP contribution in [-0.2, 0) is 6.42 Å². The zero-order valence-electron chi connectivity index (χ0n) is 12.4. The predicted octanol–water partition coefficient (Wildman–Crippen LogP) is 4.61. The number of nitrogens with one attached hydrogen (secondary N) is 1. The molecule has 0 amide bonds. The second kappa shape index (κ2) is 6.76. The molecule has 1 aliphatic rings. The molecule has 1 nitrogen and oxygen atoms in total. The molecule has 1 N–H and O–H groups in total. The zero-order chi connectivity index (χ0) is 13.8. The summed E-state index contributed by atoms with van der Waals surface area (Å²) < 4.78 is 0. The van der Waals surface area contributed by atoms with Gasteiger partial charge >= 0.3 is 0 Å². The Kier molecular flexibility index (Phi) is 5.29. The van der Waals surface area contributed by atoms with Gasteiger partial charge in [-0.25, -0.2) is 0 Å². The third kappa shape index (κ3) is 3.73. The minimum Gasteiger partial charge on any atom is -0.314 e. The van der Waals surface area contributed by atoms with E-state index in [0.29, 0.717) is 6.04 Å². The lowest BCUT2D eigenvalue weighted by Crippen LogP contribution is -2.33. The monoisotopic (exact) mass is 279 g/mol. The number of aryl methyl sites for hydroxylation is 1. The van der Waals surface area contributed by atoms with Crippen molar-refractivity contribution in [3.8, 4) is 0 Å². The van der Waals surface area contributed by atoms with Gasteiger partial charge < -0.3 is 5.32 Å². The van der Waals surface area contributed by atoms with E-state index >= 15 is 0 Å². The summed E-state index contributed by atoms with van der Waals surface area (Å²) in [5, 5.41) is 4.63. The molecular weight excluding hydrogens is 254 g/mol. The number of rotatable bonds is 5. The molecule has 0 radical (unpaired) electrons. The van der Waals surface area contributed by atoms with Gasteiger partial charge in [-0.1, -0.05) is 37.6 Å². The van der Waals surface area contributed by atoms with Crippen LogP contribution in [0, 0.1) is 18.8 Å². The molecular formula is C17H26ClN. The third-order valence-corrected chi connectivity index (χ3v) is 4.93. The molecule has 0 saturated heterocycles. The molecule has 3 unspecified atom stereocenters. The molecule has 0 bridgehead atoms. The molecule has 106 valence electrons. The molecule has 1 aliphatic carbocycles. The van der Waals surface area contributed by atoms with Crippen molar-refractivity contribution in [1.82, 2.24) is 5.32 Å². The van der Waals surface area contributed by atoms with Gasteiger partial charge in [-0.3, -0.25) is 0 Å². The van der Waals surface area contributed by atoms with Gasteiger partial charge in [0.2, 0.25) is 0 Å². The molecule has 1 fully saturated rings. The van der Waals surface area contributed by atoms with Crippen molar-refractivity contribution in [3.05, 3.63) is 34.3 Å². The maximum atomic E-state index is 6.36. The van der Waals surface area contributed by atoms with Crippen LogP contribution in [-0.4, -0.2) is 12.6 Å². The Morgan fingerprint density at radius 2 is 2.11 bits per heavy atom. The summed E-state index contributed by atoms with van der Waals surface area (Å²) in [6, 6.07) is 7.17. The highest BCUT2D eigenvalue weighted by Gasteiger charge is 2.32. The van der Waals surface area contributed by atoms with Gasteiger partial charge in [0.15, 0.2) is 0 Å². The largest absolute Gasteiger partial charge is 0.314 e. The maximum Gasteiger partial charge on any atom is 0.0440 e. The second-order valence-corrected chi connectivity index (χ2v) is 6.46. The van der Waals surface area contributed by atoms with Crippen molar-refractivity contribution in [3.63, 3.8) is 0 Å². The van der Waals surface area contributed by atoms with Crippen LogP contribution < -0.4 is 5.32 Å². The van der Waals surface area contributed by atoms with E-state index < -0.39 is 0 Å². The quantitative estimate of drug-likeness (QED) is 0.830. The van der Waals surface area contributed by atoms with Gasteiger partial charge in [0.1, 0.15) is 0 Å². The fourth-order valence-electron chi connectivity index (χ4n) is 3.25. The van der Waals surface area contributed by atoms with E-state index in [4.69, 9.17) is 11.6 Å². The minimum absolute atomic E-state index is 0.703. The van der Waals surface area contributed by atoms with Crippen LogP contribution in [0.25, 0.3) is 0 Å². The first-order valence-corrected chi connectivity index (χ1v) is 7.98. The van der Waals surface area contributed by atoms with Crippen molar-refractivity contribution in [2.45, 2.75) is 52.5 Å². The second-order valence-electron chi connectivity index (χ2n) is 6.06. The van der Waals surface area contributed by atoms with Crippen molar-refractivity contribution < 1.29 is 0 Å². The predicted molar refractivity (Wildman–Crippen MR) is 83.9 cm³/mol.